The van der Waals surface area contributed by atoms with Crippen molar-refractivity contribution in [2.75, 3.05) is 13.7 Å². The molecule has 0 aromatic heterocycles. The Morgan fingerprint density at radius 1 is 1.48 bits per heavy atom. The summed E-state index contributed by atoms with van der Waals surface area (Å²) in [6.07, 6.45) is -2.34. The summed E-state index contributed by atoms with van der Waals surface area (Å²) >= 11 is 0. The molecule has 0 amide bonds. The molecule has 2 heterocycles. The molecular formula is C12H19N3O6. The molecule has 0 radical (unpaired) electrons. The number of carbonyl (C=O) groups is 1. The first-order valence-electron chi connectivity index (χ1n) is 6.62. The molecule has 1 unspecified atom stereocenters. The molecule has 0 aliphatic carbocycles. The van der Waals surface area contributed by atoms with Crippen LogP contribution in [-0.2, 0) is 28.5 Å². The average molecular weight is 301 g/mol. The Balaban J connectivity index is 2.19. The smallest absolute Gasteiger partial charge is 0.317 e. The van der Waals surface area contributed by atoms with Crippen molar-refractivity contribution in [2.45, 2.75) is 57.2 Å². The Bertz CT molecular complexity index is 450. The maximum Gasteiger partial charge on any atom is 0.317 e. The van der Waals surface area contributed by atoms with Crippen LogP contribution in [0.1, 0.15) is 20.8 Å². The maximum atomic E-state index is 11.8. The first-order valence-corrected chi connectivity index (χ1v) is 6.62. The lowest BCUT2D eigenvalue weighted by Gasteiger charge is -2.25. The van der Waals surface area contributed by atoms with E-state index in [1.807, 2.05) is 0 Å². The van der Waals surface area contributed by atoms with Crippen molar-refractivity contribution in [3.05, 3.63) is 10.4 Å². The van der Waals surface area contributed by atoms with E-state index in [1.165, 1.54) is 7.11 Å². The number of methoxy groups -OCH3 is 1. The normalized spacial score (nSPS) is 36.0. The molecule has 5 atom stereocenters. The summed E-state index contributed by atoms with van der Waals surface area (Å²) in [6, 6.07) is -1.14. The van der Waals surface area contributed by atoms with Gasteiger partial charge in [-0.05, 0) is 26.3 Å². The van der Waals surface area contributed by atoms with Crippen molar-refractivity contribution in [1.82, 2.24) is 0 Å². The van der Waals surface area contributed by atoms with Crippen molar-refractivity contribution in [3.8, 4) is 0 Å². The van der Waals surface area contributed by atoms with Crippen LogP contribution in [0.3, 0.4) is 0 Å². The summed E-state index contributed by atoms with van der Waals surface area (Å²) < 4.78 is 27.1. The van der Waals surface area contributed by atoms with Gasteiger partial charge in [-0.25, -0.2) is 0 Å². The Labute approximate surface area is 122 Å². The van der Waals surface area contributed by atoms with Crippen LogP contribution in [0.2, 0.25) is 0 Å². The molecule has 9 heteroatoms. The van der Waals surface area contributed by atoms with Crippen molar-refractivity contribution in [1.29, 1.82) is 0 Å². The molecule has 2 aliphatic rings. The predicted molar refractivity (Wildman–Crippen MR) is 69.1 cm³/mol. The van der Waals surface area contributed by atoms with Gasteiger partial charge in [0.1, 0.15) is 18.3 Å². The van der Waals surface area contributed by atoms with Gasteiger partial charge in [0.05, 0.1) is 13.7 Å². The van der Waals surface area contributed by atoms with Crippen LogP contribution in [0.4, 0.5) is 0 Å². The lowest BCUT2D eigenvalue weighted by molar-refractivity contribution is -0.157. The van der Waals surface area contributed by atoms with Crippen molar-refractivity contribution < 1.29 is 28.5 Å². The highest BCUT2D eigenvalue weighted by Crippen LogP contribution is 2.33. The summed E-state index contributed by atoms with van der Waals surface area (Å²) in [5.74, 6) is -1.41. The highest BCUT2D eigenvalue weighted by Gasteiger charge is 2.50. The number of hydrogen-bond donors (Lipinski definition) is 0. The lowest BCUT2D eigenvalue weighted by Crippen LogP contribution is -2.46. The minimum Gasteiger partial charge on any atom is -0.469 e. The fourth-order valence-corrected chi connectivity index (χ4v) is 2.48. The molecule has 9 nitrogen and oxygen atoms in total. The van der Waals surface area contributed by atoms with Crippen LogP contribution in [0.15, 0.2) is 5.11 Å². The molecule has 0 aromatic carbocycles. The standard InChI is InChI=1S/C12H19N3O6/c1-6-19-9(7-5-18-12(2,3)21-7)10(20-6)8(14-15-13)11(16)17-4/h6-10H,5H2,1-4H3/t6?,7-,8+,9-,10-/m1/s1. The van der Waals surface area contributed by atoms with E-state index in [4.69, 9.17) is 24.5 Å². The summed E-state index contributed by atoms with van der Waals surface area (Å²) in [5.41, 5.74) is 8.64. The summed E-state index contributed by atoms with van der Waals surface area (Å²) in [5, 5.41) is 3.47. The number of nitrogens with zero attached hydrogens (tertiary/aromatic N) is 3. The monoisotopic (exact) mass is 301 g/mol. The number of ether oxygens (including phenoxy) is 5. The Morgan fingerprint density at radius 2 is 2.19 bits per heavy atom. The molecule has 118 valence electrons. The minimum atomic E-state index is -1.14. The average Bonchev–Trinajstić information content (AvgIpc) is 2.97. The highest BCUT2D eigenvalue weighted by atomic mass is 16.8. The number of carbonyl (C=O) groups excluding carboxylic acids is 1. The van der Waals surface area contributed by atoms with Gasteiger partial charge >= 0.3 is 5.97 Å². The van der Waals surface area contributed by atoms with Gasteiger partial charge in [0.15, 0.2) is 18.1 Å². The van der Waals surface area contributed by atoms with Crippen molar-refractivity contribution in [2.24, 2.45) is 5.11 Å². The first-order chi connectivity index (χ1) is 9.88. The molecular weight excluding hydrogens is 282 g/mol. The molecule has 2 saturated heterocycles. The molecule has 21 heavy (non-hydrogen) atoms. The number of rotatable bonds is 4. The van der Waals surface area contributed by atoms with Crippen LogP contribution in [0, 0.1) is 0 Å². The van der Waals surface area contributed by atoms with Crippen LogP contribution >= 0.6 is 0 Å². The molecule has 0 aromatic rings. The molecule has 2 aliphatic heterocycles. The Morgan fingerprint density at radius 3 is 2.71 bits per heavy atom. The summed E-state index contributed by atoms with van der Waals surface area (Å²) in [4.78, 5) is 14.5. The topological polar surface area (TPSA) is 112 Å². The van der Waals surface area contributed by atoms with E-state index in [9.17, 15) is 4.79 Å². The lowest BCUT2D eigenvalue weighted by atomic mass is 10.0. The van der Waals surface area contributed by atoms with Gasteiger partial charge in [0.25, 0.3) is 0 Å². The van der Waals surface area contributed by atoms with Crippen LogP contribution in [0.25, 0.3) is 10.4 Å². The van der Waals surface area contributed by atoms with Gasteiger partial charge in [0, 0.05) is 4.91 Å². The van der Waals surface area contributed by atoms with E-state index in [2.05, 4.69) is 14.8 Å². The van der Waals surface area contributed by atoms with Crippen molar-refractivity contribution >= 4 is 5.97 Å². The fraction of sp³-hybridized carbons (Fsp3) is 0.917. The zero-order chi connectivity index (χ0) is 15.6. The van der Waals surface area contributed by atoms with Crippen molar-refractivity contribution in [3.63, 3.8) is 0 Å². The Hall–Kier alpha value is -1.38. The summed E-state index contributed by atoms with van der Waals surface area (Å²) in [6.45, 7) is 5.56. The van der Waals surface area contributed by atoms with Gasteiger partial charge in [0.2, 0.25) is 0 Å². The first kappa shape index (κ1) is 16.0. The van der Waals surface area contributed by atoms with Crippen LogP contribution < -0.4 is 0 Å². The molecule has 0 saturated carbocycles. The van der Waals surface area contributed by atoms with E-state index in [0.717, 1.165) is 0 Å². The van der Waals surface area contributed by atoms with Gasteiger partial charge in [-0.1, -0.05) is 5.11 Å². The second-order valence-corrected chi connectivity index (χ2v) is 5.31. The largest absolute Gasteiger partial charge is 0.469 e. The third-order valence-electron chi connectivity index (χ3n) is 3.35. The number of azide groups is 1. The number of hydrogen-bond acceptors (Lipinski definition) is 7. The van der Waals surface area contributed by atoms with Crippen LogP contribution in [0.5, 0.6) is 0 Å². The third-order valence-corrected chi connectivity index (χ3v) is 3.35. The van der Waals surface area contributed by atoms with E-state index < -0.39 is 42.4 Å². The highest BCUT2D eigenvalue weighted by molar-refractivity contribution is 5.76. The minimum absolute atomic E-state index is 0.300. The van der Waals surface area contributed by atoms with E-state index >= 15 is 0 Å². The fourth-order valence-electron chi connectivity index (χ4n) is 2.48. The SMILES string of the molecule is COC(=O)[C@@H](N=[N+]=[N-])[C@H]1OC(C)O[C@@H]1[C@H]1COC(C)(C)O1. The number of esters is 1. The van der Waals surface area contributed by atoms with E-state index in [0.29, 0.717) is 6.61 Å². The maximum absolute atomic E-state index is 11.8. The molecule has 0 bridgehead atoms. The zero-order valence-corrected chi connectivity index (χ0v) is 12.4. The quantitative estimate of drug-likeness (QED) is 0.333. The molecule has 0 spiro atoms. The summed E-state index contributed by atoms with van der Waals surface area (Å²) in [7, 11) is 1.22. The third kappa shape index (κ3) is 3.45. The van der Waals surface area contributed by atoms with Gasteiger partial charge in [-0.3, -0.25) is 4.79 Å². The van der Waals surface area contributed by atoms with Gasteiger partial charge in [-0.15, -0.1) is 0 Å². The van der Waals surface area contributed by atoms with Crippen LogP contribution in [-0.4, -0.2) is 56.1 Å². The van der Waals surface area contributed by atoms with Gasteiger partial charge < -0.3 is 23.7 Å². The van der Waals surface area contributed by atoms with E-state index in [1.54, 1.807) is 20.8 Å². The predicted octanol–water partition coefficient (Wildman–Crippen LogP) is 1.12. The molecule has 2 rings (SSSR count). The second kappa shape index (κ2) is 6.17. The Kier molecular flexibility index (Phi) is 4.70. The molecule has 0 N–H and O–H groups in total. The zero-order valence-electron chi connectivity index (χ0n) is 12.4. The van der Waals surface area contributed by atoms with E-state index in [-0.39, 0.29) is 0 Å². The second-order valence-electron chi connectivity index (χ2n) is 5.31. The molecule has 2 fully saturated rings. The van der Waals surface area contributed by atoms with Gasteiger partial charge in [-0.2, -0.15) is 0 Å².